The summed E-state index contributed by atoms with van der Waals surface area (Å²) in [5.74, 6) is -8.70. The van der Waals surface area contributed by atoms with E-state index in [2.05, 4.69) is 4.74 Å². The van der Waals surface area contributed by atoms with E-state index in [1.165, 1.54) is 0 Å². The molecule has 0 spiro atoms. The number of allylic oxidation sites excluding steroid dienone is 2. The molecule has 4 aliphatic carbocycles. The van der Waals surface area contributed by atoms with E-state index in [1.807, 2.05) is 0 Å². The summed E-state index contributed by atoms with van der Waals surface area (Å²) >= 11 is 0. The van der Waals surface area contributed by atoms with Crippen molar-refractivity contribution in [2.24, 2.45) is 41.4 Å². The van der Waals surface area contributed by atoms with Crippen molar-refractivity contribution in [2.45, 2.75) is 100 Å². The molecular weight excluding hydrogens is 588 g/mol. The Morgan fingerprint density at radius 3 is 1.39 bits per heavy atom. The lowest BCUT2D eigenvalue weighted by molar-refractivity contribution is -0.390. The second kappa shape index (κ2) is 10.5. The molecule has 0 saturated heterocycles. The predicted molar refractivity (Wildman–Crippen MR) is 118 cm³/mol. The van der Waals surface area contributed by atoms with Crippen LogP contribution in [0.2, 0.25) is 0 Å². The van der Waals surface area contributed by atoms with Gasteiger partial charge in [-0.15, -0.1) is 0 Å². The highest BCUT2D eigenvalue weighted by Crippen LogP contribution is 2.58. The quantitative estimate of drug-likeness (QED) is 0.193. The average Bonchev–Trinajstić information content (AvgIpc) is 3.48. The van der Waals surface area contributed by atoms with Crippen molar-refractivity contribution in [2.75, 3.05) is 0 Å². The van der Waals surface area contributed by atoms with Crippen LogP contribution in [0.3, 0.4) is 0 Å². The van der Waals surface area contributed by atoms with Crippen LogP contribution < -0.4 is 0 Å². The van der Waals surface area contributed by atoms with Crippen molar-refractivity contribution in [3.05, 3.63) is 12.2 Å². The molecule has 236 valence electrons. The molecule has 4 rings (SSSR count). The maximum Gasteiger partial charge on any atom is 0.437 e. The van der Waals surface area contributed by atoms with Crippen LogP contribution in [0.5, 0.6) is 0 Å². The summed E-state index contributed by atoms with van der Waals surface area (Å²) in [6.45, 7) is 0. The number of hydrogen-bond donors (Lipinski definition) is 1. The van der Waals surface area contributed by atoms with E-state index >= 15 is 0 Å². The highest BCUT2D eigenvalue weighted by molar-refractivity contribution is 5.75. The fourth-order valence-corrected chi connectivity index (χ4v) is 7.74. The molecule has 0 aromatic carbocycles. The number of alkyl halides is 12. The van der Waals surface area contributed by atoms with E-state index in [9.17, 15) is 62.6 Å². The van der Waals surface area contributed by atoms with Gasteiger partial charge in [0.2, 0.25) is 0 Å². The number of fused-ring (bicyclic) bond motifs is 2. The van der Waals surface area contributed by atoms with E-state index in [4.69, 9.17) is 0 Å². The fraction of sp³-hybridized carbons (Fsp3) is 0.885. The molecule has 3 atom stereocenters. The van der Waals surface area contributed by atoms with Gasteiger partial charge in [0.05, 0.1) is 5.92 Å². The molecule has 41 heavy (non-hydrogen) atoms. The number of carbonyl (C=O) groups excluding carboxylic acids is 1. The van der Waals surface area contributed by atoms with Gasteiger partial charge >= 0.3 is 36.3 Å². The number of hydrogen-bond acceptors (Lipinski definition) is 3. The van der Waals surface area contributed by atoms with Gasteiger partial charge in [-0.25, -0.2) is 0 Å². The Labute approximate surface area is 227 Å². The van der Waals surface area contributed by atoms with Crippen molar-refractivity contribution in [3.8, 4) is 0 Å². The van der Waals surface area contributed by atoms with E-state index in [0.29, 0.717) is 6.42 Å². The van der Waals surface area contributed by atoms with Crippen molar-refractivity contribution in [1.29, 1.82) is 0 Å². The largest absolute Gasteiger partial charge is 0.439 e. The third-order valence-electron chi connectivity index (χ3n) is 9.93. The van der Waals surface area contributed by atoms with Gasteiger partial charge in [0.25, 0.3) is 5.60 Å². The van der Waals surface area contributed by atoms with Gasteiger partial charge in [-0.05, 0) is 87.9 Å². The summed E-state index contributed by atoms with van der Waals surface area (Å²) in [4.78, 5) is 12.7. The molecule has 3 unspecified atom stereocenters. The monoisotopic (exact) mass is 618 g/mol. The number of aliphatic hydroxyl groups is 1. The summed E-state index contributed by atoms with van der Waals surface area (Å²) in [7, 11) is 0. The molecule has 15 heteroatoms. The maximum absolute atomic E-state index is 14.3. The van der Waals surface area contributed by atoms with E-state index < -0.39 is 103 Å². The molecule has 0 radical (unpaired) electrons. The van der Waals surface area contributed by atoms with E-state index in [1.54, 1.807) is 12.2 Å². The van der Waals surface area contributed by atoms with Crippen LogP contribution in [0, 0.1) is 41.4 Å². The number of halogens is 12. The second-order valence-corrected chi connectivity index (χ2v) is 12.0. The zero-order valence-corrected chi connectivity index (χ0v) is 21.6. The summed E-state index contributed by atoms with van der Waals surface area (Å²) in [5, 5.41) is 9.66. The Kier molecular flexibility index (Phi) is 8.26. The number of carbonyl (C=O) groups is 1. The molecule has 0 aliphatic heterocycles. The van der Waals surface area contributed by atoms with E-state index in [-0.39, 0.29) is 38.0 Å². The van der Waals surface area contributed by atoms with Crippen molar-refractivity contribution >= 4 is 5.97 Å². The predicted octanol–water partition coefficient (Wildman–Crippen LogP) is 8.07. The van der Waals surface area contributed by atoms with Gasteiger partial charge in [-0.1, -0.05) is 12.2 Å². The van der Waals surface area contributed by atoms with Crippen molar-refractivity contribution in [1.82, 2.24) is 0 Å². The van der Waals surface area contributed by atoms with Crippen LogP contribution in [-0.4, -0.2) is 47.0 Å². The Balaban J connectivity index is 1.45. The first kappa shape index (κ1) is 32.2. The lowest BCUT2D eigenvalue weighted by Crippen LogP contribution is -2.65. The van der Waals surface area contributed by atoms with Gasteiger partial charge in [0, 0.05) is 11.8 Å². The van der Waals surface area contributed by atoms with Gasteiger partial charge in [-0.2, -0.15) is 52.7 Å². The third-order valence-corrected chi connectivity index (χ3v) is 9.93. The minimum absolute atomic E-state index is 0.0962. The molecule has 0 amide bonds. The molecule has 4 aliphatic rings. The SMILES string of the molecule is O=C(OC(C1CCC(C2CCC(C(O)(C(F)(F)F)C(F)(F)F)CC2)CC1)(C(F)(F)F)C(F)(F)F)C1CC2C=CC1C2. The summed E-state index contributed by atoms with van der Waals surface area (Å²) in [6, 6.07) is 0. The molecule has 3 nitrogen and oxygen atoms in total. The van der Waals surface area contributed by atoms with E-state index in [0.717, 1.165) is 0 Å². The van der Waals surface area contributed by atoms with Crippen LogP contribution in [-0.2, 0) is 9.53 Å². The number of rotatable bonds is 5. The van der Waals surface area contributed by atoms with Gasteiger partial charge < -0.3 is 9.84 Å². The lowest BCUT2D eigenvalue weighted by Gasteiger charge is -2.47. The normalized spacial score (nSPS) is 33.7. The molecule has 2 bridgehead atoms. The van der Waals surface area contributed by atoms with Gasteiger partial charge in [-0.3, -0.25) is 4.79 Å². The Morgan fingerprint density at radius 2 is 1.05 bits per heavy atom. The van der Waals surface area contributed by atoms with Crippen LogP contribution in [0.15, 0.2) is 12.2 Å². The molecule has 3 fully saturated rings. The Hall–Kier alpha value is -1.67. The molecule has 0 heterocycles. The highest BCUT2D eigenvalue weighted by Gasteiger charge is 2.78. The average molecular weight is 618 g/mol. The molecule has 0 aromatic rings. The first-order valence-electron chi connectivity index (χ1n) is 13.5. The zero-order valence-electron chi connectivity index (χ0n) is 21.6. The van der Waals surface area contributed by atoms with Gasteiger partial charge in [0.1, 0.15) is 0 Å². The highest BCUT2D eigenvalue weighted by atomic mass is 19.4. The zero-order chi connectivity index (χ0) is 30.8. The first-order valence-corrected chi connectivity index (χ1v) is 13.5. The smallest absolute Gasteiger partial charge is 0.437 e. The summed E-state index contributed by atoms with van der Waals surface area (Å²) in [5.41, 5.74) is -9.65. The molecule has 0 aromatic heterocycles. The van der Waals surface area contributed by atoms with Gasteiger partial charge in [0.15, 0.2) is 0 Å². The maximum atomic E-state index is 14.3. The molecule has 1 N–H and O–H groups in total. The Morgan fingerprint density at radius 1 is 0.610 bits per heavy atom. The number of ether oxygens (including phenoxy) is 1. The third kappa shape index (κ3) is 5.45. The minimum Gasteiger partial charge on any atom is -0.439 e. The number of esters is 1. The Bertz CT molecular complexity index is 952. The standard InChI is InChI=1S/C26H30F12O3/c27-23(28,29)21(40,24(30,31)32)17-7-3-14(4-8-17)15-5-9-18(10-6-15)22(25(33,34)35,26(36,37)38)41-20(39)19-12-13-1-2-16(19)11-13/h1-2,13-19,40H,3-12H2. The summed E-state index contributed by atoms with van der Waals surface area (Å²) in [6.07, 6.45) is -23.5. The van der Waals surface area contributed by atoms with Crippen molar-refractivity contribution < 1.29 is 67.3 Å². The lowest BCUT2D eigenvalue weighted by atomic mass is 9.64. The topological polar surface area (TPSA) is 46.5 Å². The van der Waals surface area contributed by atoms with Crippen LogP contribution in [0.1, 0.15) is 64.2 Å². The summed E-state index contributed by atoms with van der Waals surface area (Å²) < 4.78 is 169. The molecular formula is C26H30F12O3. The second-order valence-electron chi connectivity index (χ2n) is 12.0. The minimum atomic E-state index is -5.98. The first-order chi connectivity index (χ1) is 18.6. The van der Waals surface area contributed by atoms with Crippen LogP contribution in [0.4, 0.5) is 52.7 Å². The van der Waals surface area contributed by atoms with Crippen molar-refractivity contribution in [3.63, 3.8) is 0 Å². The molecule has 3 saturated carbocycles. The fourth-order valence-electron chi connectivity index (χ4n) is 7.74. The van der Waals surface area contributed by atoms with Crippen LogP contribution >= 0.6 is 0 Å². The van der Waals surface area contributed by atoms with Crippen LogP contribution in [0.25, 0.3) is 0 Å².